The molecule has 0 aliphatic heterocycles. The summed E-state index contributed by atoms with van der Waals surface area (Å²) in [7, 11) is 0. The molecule has 7 heteroatoms. The van der Waals surface area contributed by atoms with Gasteiger partial charge in [0.25, 0.3) is 0 Å². The van der Waals surface area contributed by atoms with E-state index in [0.717, 1.165) is 17.7 Å². The van der Waals surface area contributed by atoms with Gasteiger partial charge in [-0.15, -0.1) is 0 Å². The Kier molecular flexibility index (Phi) is 4.82. The monoisotopic (exact) mass is 331 g/mol. The Morgan fingerprint density at radius 1 is 1.12 bits per heavy atom. The third kappa shape index (κ3) is 4.07. The highest BCUT2D eigenvalue weighted by atomic mass is 16.7. The van der Waals surface area contributed by atoms with Crippen molar-refractivity contribution < 1.29 is 23.7 Å². The second kappa shape index (κ2) is 6.66. The number of nitro groups is 1. The van der Waals surface area contributed by atoms with Gasteiger partial charge in [-0.25, -0.2) is 4.79 Å². The van der Waals surface area contributed by atoms with E-state index in [4.69, 9.17) is 9.15 Å². The van der Waals surface area contributed by atoms with E-state index in [2.05, 4.69) is 20.8 Å². The van der Waals surface area contributed by atoms with Crippen LogP contribution in [0.1, 0.15) is 47.2 Å². The molecule has 0 fully saturated rings. The fourth-order valence-electron chi connectivity index (χ4n) is 1.98. The van der Waals surface area contributed by atoms with Crippen molar-refractivity contribution in [3.8, 4) is 0 Å². The van der Waals surface area contributed by atoms with Crippen molar-refractivity contribution in [2.75, 3.05) is 6.61 Å². The summed E-state index contributed by atoms with van der Waals surface area (Å²) in [6.07, 6.45) is 0. The summed E-state index contributed by atoms with van der Waals surface area (Å²) in [6, 6.07) is 9.23. The van der Waals surface area contributed by atoms with Crippen molar-refractivity contribution in [2.24, 2.45) is 0 Å². The van der Waals surface area contributed by atoms with Crippen LogP contribution in [0, 0.1) is 10.1 Å². The average Bonchev–Trinajstić information content (AvgIpc) is 3.02. The summed E-state index contributed by atoms with van der Waals surface area (Å²) >= 11 is 0. The molecule has 1 aromatic carbocycles. The third-order valence-electron chi connectivity index (χ3n) is 3.38. The number of hydrogen-bond donors (Lipinski definition) is 0. The summed E-state index contributed by atoms with van der Waals surface area (Å²) in [5, 5.41) is 10.5. The van der Waals surface area contributed by atoms with Gasteiger partial charge < -0.3 is 9.15 Å². The number of hydrogen-bond acceptors (Lipinski definition) is 6. The molecule has 1 heterocycles. The largest absolute Gasteiger partial charge is 0.451 e. The van der Waals surface area contributed by atoms with Crippen LogP contribution in [0.4, 0.5) is 5.88 Å². The van der Waals surface area contributed by atoms with Crippen LogP contribution >= 0.6 is 0 Å². The number of ether oxygens (including phenoxy) is 1. The van der Waals surface area contributed by atoms with Crippen LogP contribution in [0.5, 0.6) is 0 Å². The maximum atomic E-state index is 12.0. The van der Waals surface area contributed by atoms with E-state index < -0.39 is 23.4 Å². The van der Waals surface area contributed by atoms with Crippen LogP contribution in [0.3, 0.4) is 0 Å². The van der Waals surface area contributed by atoms with E-state index in [0.29, 0.717) is 5.56 Å². The summed E-state index contributed by atoms with van der Waals surface area (Å²) in [4.78, 5) is 33.5. The van der Waals surface area contributed by atoms with Crippen molar-refractivity contribution in [1.82, 2.24) is 0 Å². The Hall–Kier alpha value is -2.96. The van der Waals surface area contributed by atoms with E-state index in [1.807, 2.05) is 12.1 Å². The molecule has 1 aromatic heterocycles. The van der Waals surface area contributed by atoms with Crippen molar-refractivity contribution in [1.29, 1.82) is 0 Å². The van der Waals surface area contributed by atoms with Gasteiger partial charge in [0.15, 0.2) is 12.4 Å². The molecular weight excluding hydrogens is 314 g/mol. The molecule has 0 amide bonds. The third-order valence-corrected chi connectivity index (χ3v) is 3.38. The quantitative estimate of drug-likeness (QED) is 0.360. The van der Waals surface area contributed by atoms with E-state index in [-0.39, 0.29) is 17.0 Å². The fraction of sp³-hybridized carbons (Fsp3) is 0.294. The van der Waals surface area contributed by atoms with E-state index in [1.54, 1.807) is 12.1 Å². The zero-order chi connectivity index (χ0) is 17.9. The number of ketones is 1. The molecule has 24 heavy (non-hydrogen) atoms. The zero-order valence-corrected chi connectivity index (χ0v) is 13.6. The first-order valence-corrected chi connectivity index (χ1v) is 7.23. The van der Waals surface area contributed by atoms with Crippen LogP contribution in [0.15, 0.2) is 40.8 Å². The maximum Gasteiger partial charge on any atom is 0.433 e. The van der Waals surface area contributed by atoms with Crippen molar-refractivity contribution in [3.05, 3.63) is 63.4 Å². The molecule has 7 nitrogen and oxygen atoms in total. The molecular formula is C17H17NO6. The van der Waals surface area contributed by atoms with Gasteiger partial charge in [-0.05, 0) is 17.0 Å². The molecule has 0 bridgehead atoms. The van der Waals surface area contributed by atoms with Gasteiger partial charge in [0, 0.05) is 5.56 Å². The normalized spacial score (nSPS) is 11.1. The van der Waals surface area contributed by atoms with Gasteiger partial charge in [0.05, 0.1) is 6.07 Å². The number of Topliss-reactive ketones (excluding diaryl/α,β-unsaturated/α-hetero) is 1. The Bertz CT molecular complexity index is 767. The van der Waals surface area contributed by atoms with E-state index >= 15 is 0 Å². The lowest BCUT2D eigenvalue weighted by molar-refractivity contribution is -0.402. The lowest BCUT2D eigenvalue weighted by Gasteiger charge is -2.18. The highest BCUT2D eigenvalue weighted by Gasteiger charge is 2.20. The Morgan fingerprint density at radius 2 is 1.75 bits per heavy atom. The van der Waals surface area contributed by atoms with Crippen molar-refractivity contribution in [3.63, 3.8) is 0 Å². The van der Waals surface area contributed by atoms with E-state index in [9.17, 15) is 19.7 Å². The predicted molar refractivity (Wildman–Crippen MR) is 85.1 cm³/mol. The minimum Gasteiger partial charge on any atom is -0.451 e. The second-order valence-corrected chi connectivity index (χ2v) is 6.22. The van der Waals surface area contributed by atoms with Crippen molar-refractivity contribution in [2.45, 2.75) is 26.2 Å². The highest BCUT2D eigenvalue weighted by Crippen LogP contribution is 2.22. The smallest absolute Gasteiger partial charge is 0.433 e. The molecule has 0 N–H and O–H groups in total. The van der Waals surface area contributed by atoms with Crippen LogP contribution in [0.25, 0.3) is 0 Å². The van der Waals surface area contributed by atoms with Gasteiger partial charge in [0.1, 0.15) is 4.92 Å². The summed E-state index contributed by atoms with van der Waals surface area (Å²) < 4.78 is 9.54. The molecule has 0 spiro atoms. The number of nitrogens with zero attached hydrogens (tertiary/aromatic N) is 1. The fourth-order valence-corrected chi connectivity index (χ4v) is 1.98. The molecule has 0 saturated heterocycles. The summed E-state index contributed by atoms with van der Waals surface area (Å²) in [6.45, 7) is 5.72. The average molecular weight is 331 g/mol. The molecule has 0 unspecified atom stereocenters. The minimum atomic E-state index is -0.928. The molecule has 126 valence electrons. The number of rotatable bonds is 5. The lowest BCUT2D eigenvalue weighted by atomic mass is 9.86. The topological polar surface area (TPSA) is 99.7 Å². The maximum absolute atomic E-state index is 12.0. The highest BCUT2D eigenvalue weighted by molar-refractivity contribution is 5.99. The van der Waals surface area contributed by atoms with Gasteiger partial charge in [-0.3, -0.25) is 14.9 Å². The summed E-state index contributed by atoms with van der Waals surface area (Å²) in [5.41, 5.74) is 1.47. The standard InChI is InChI=1S/C17H17NO6/c1-17(2,3)12-6-4-11(5-7-12)13(19)10-23-16(20)14-8-9-15(24-14)18(21)22/h4-9H,10H2,1-3H3. The predicted octanol–water partition coefficient (Wildman–Crippen LogP) is 3.53. The number of benzene rings is 1. The Balaban J connectivity index is 1.97. The zero-order valence-electron chi connectivity index (χ0n) is 13.6. The first-order valence-electron chi connectivity index (χ1n) is 7.23. The van der Waals surface area contributed by atoms with Crippen LogP contribution in [-0.4, -0.2) is 23.3 Å². The van der Waals surface area contributed by atoms with Gasteiger partial charge in [-0.1, -0.05) is 45.0 Å². The van der Waals surface area contributed by atoms with Crippen molar-refractivity contribution >= 4 is 17.6 Å². The number of carbonyl (C=O) groups is 2. The summed E-state index contributed by atoms with van der Waals surface area (Å²) in [5.74, 6) is -2.18. The van der Waals surface area contributed by atoms with Crippen LogP contribution < -0.4 is 0 Å². The SMILES string of the molecule is CC(C)(C)c1ccc(C(=O)COC(=O)c2ccc([N+](=O)[O-])o2)cc1. The molecule has 0 atom stereocenters. The number of esters is 1. The van der Waals surface area contributed by atoms with Gasteiger partial charge >= 0.3 is 11.9 Å². The van der Waals surface area contributed by atoms with Gasteiger partial charge in [0.2, 0.25) is 5.76 Å². The van der Waals surface area contributed by atoms with E-state index in [1.165, 1.54) is 0 Å². The van der Waals surface area contributed by atoms with Gasteiger partial charge in [-0.2, -0.15) is 0 Å². The number of furan rings is 1. The lowest BCUT2D eigenvalue weighted by Crippen LogP contribution is -2.15. The molecule has 0 radical (unpaired) electrons. The molecule has 0 saturated carbocycles. The first kappa shape index (κ1) is 17.4. The number of carbonyl (C=O) groups excluding carboxylic acids is 2. The molecule has 0 aliphatic carbocycles. The van der Waals surface area contributed by atoms with Crippen LogP contribution in [-0.2, 0) is 10.2 Å². The van der Waals surface area contributed by atoms with Crippen LogP contribution in [0.2, 0.25) is 0 Å². The minimum absolute atomic E-state index is 0.0257. The molecule has 2 rings (SSSR count). The first-order chi connectivity index (χ1) is 11.2. The molecule has 0 aliphatic rings. The Morgan fingerprint density at radius 3 is 2.25 bits per heavy atom. The second-order valence-electron chi connectivity index (χ2n) is 6.22. The Labute approximate surface area is 138 Å². The molecule has 2 aromatic rings.